The summed E-state index contributed by atoms with van der Waals surface area (Å²) in [6.45, 7) is 3.79. The Balaban J connectivity index is 3.18. The molecule has 1 aromatic rings. The zero-order valence-electron chi connectivity index (χ0n) is 10.2. The zero-order valence-corrected chi connectivity index (χ0v) is 11.0. The van der Waals surface area contributed by atoms with Crippen molar-refractivity contribution in [3.05, 3.63) is 29.8 Å². The summed E-state index contributed by atoms with van der Waals surface area (Å²) >= 11 is 0. The van der Waals surface area contributed by atoms with Crippen LogP contribution in [-0.2, 0) is 10.0 Å². The summed E-state index contributed by atoms with van der Waals surface area (Å²) in [7, 11) is -1.94. The molecule has 0 saturated carbocycles. The third-order valence-electron chi connectivity index (χ3n) is 2.85. The van der Waals surface area contributed by atoms with Crippen LogP contribution in [0.2, 0.25) is 0 Å². The minimum Gasteiger partial charge on any atom is -0.207 e. The number of hydrogen-bond acceptors (Lipinski definition) is 3. The van der Waals surface area contributed by atoms with Gasteiger partial charge >= 0.3 is 0 Å². The van der Waals surface area contributed by atoms with Gasteiger partial charge in [0.25, 0.3) is 0 Å². The average molecular weight is 252 g/mol. The highest BCUT2D eigenvalue weighted by Crippen LogP contribution is 2.18. The molecular weight excluding hydrogens is 236 g/mol. The minimum atomic E-state index is -3.50. The van der Waals surface area contributed by atoms with Gasteiger partial charge in [-0.25, -0.2) is 8.42 Å². The van der Waals surface area contributed by atoms with Gasteiger partial charge in [0.15, 0.2) is 0 Å². The van der Waals surface area contributed by atoms with Crippen LogP contribution in [0.4, 0.5) is 0 Å². The molecule has 0 fully saturated rings. The predicted molar refractivity (Wildman–Crippen MR) is 65.9 cm³/mol. The van der Waals surface area contributed by atoms with E-state index in [9.17, 15) is 8.42 Å². The van der Waals surface area contributed by atoms with E-state index in [1.165, 1.54) is 16.4 Å². The van der Waals surface area contributed by atoms with Gasteiger partial charge in [0.05, 0.1) is 16.5 Å². The summed E-state index contributed by atoms with van der Waals surface area (Å²) in [6.07, 6.45) is 0.744. The van der Waals surface area contributed by atoms with Crippen LogP contribution in [-0.4, -0.2) is 25.8 Å². The second kappa shape index (κ2) is 5.30. The van der Waals surface area contributed by atoms with Crippen molar-refractivity contribution in [2.75, 3.05) is 7.05 Å². The maximum Gasteiger partial charge on any atom is 0.243 e. The van der Waals surface area contributed by atoms with Crippen molar-refractivity contribution in [1.29, 1.82) is 5.26 Å². The van der Waals surface area contributed by atoms with Gasteiger partial charge in [-0.2, -0.15) is 9.57 Å². The number of rotatable bonds is 4. The van der Waals surface area contributed by atoms with Crippen LogP contribution < -0.4 is 0 Å². The SMILES string of the molecule is CCC(C)N(C)S(=O)(=O)c1cccc(C#N)c1. The molecule has 0 amide bonds. The molecule has 0 radical (unpaired) electrons. The molecule has 1 rings (SSSR count). The van der Waals surface area contributed by atoms with Crippen LogP contribution >= 0.6 is 0 Å². The number of nitrogens with zero attached hydrogens (tertiary/aromatic N) is 2. The molecule has 92 valence electrons. The van der Waals surface area contributed by atoms with E-state index in [1.54, 1.807) is 19.2 Å². The lowest BCUT2D eigenvalue weighted by atomic mass is 10.2. The van der Waals surface area contributed by atoms with Crippen molar-refractivity contribution in [2.45, 2.75) is 31.2 Å². The lowest BCUT2D eigenvalue weighted by molar-refractivity contribution is 0.380. The topological polar surface area (TPSA) is 61.2 Å². The predicted octanol–water partition coefficient (Wildman–Crippen LogP) is 1.98. The standard InChI is InChI=1S/C12H16N2O2S/c1-4-10(2)14(3)17(15,16)12-7-5-6-11(8-12)9-13/h5-8,10H,4H2,1-3H3. The summed E-state index contributed by atoms with van der Waals surface area (Å²) in [5.41, 5.74) is 0.351. The number of hydrogen-bond donors (Lipinski definition) is 0. The van der Waals surface area contributed by atoms with Gasteiger partial charge in [-0.15, -0.1) is 0 Å². The largest absolute Gasteiger partial charge is 0.243 e. The van der Waals surface area contributed by atoms with Crippen LogP contribution in [0.3, 0.4) is 0 Å². The fourth-order valence-electron chi connectivity index (χ4n) is 1.39. The van der Waals surface area contributed by atoms with E-state index < -0.39 is 10.0 Å². The van der Waals surface area contributed by atoms with Crippen molar-refractivity contribution >= 4 is 10.0 Å². The highest BCUT2D eigenvalue weighted by atomic mass is 32.2. The van der Waals surface area contributed by atoms with Gasteiger partial charge in [0, 0.05) is 13.1 Å². The van der Waals surface area contributed by atoms with E-state index >= 15 is 0 Å². The number of sulfonamides is 1. The monoisotopic (exact) mass is 252 g/mol. The lowest BCUT2D eigenvalue weighted by Gasteiger charge is -2.23. The molecule has 0 spiro atoms. The molecule has 1 atom stereocenters. The van der Waals surface area contributed by atoms with Gasteiger partial charge in [-0.05, 0) is 31.5 Å². The summed E-state index contributed by atoms with van der Waals surface area (Å²) in [5, 5.41) is 8.76. The zero-order chi connectivity index (χ0) is 13.1. The fourth-order valence-corrected chi connectivity index (χ4v) is 2.87. The van der Waals surface area contributed by atoms with E-state index in [1.807, 2.05) is 19.9 Å². The smallest absolute Gasteiger partial charge is 0.207 e. The molecule has 0 aliphatic heterocycles. The Kier molecular flexibility index (Phi) is 4.27. The molecule has 0 aliphatic carbocycles. The number of benzene rings is 1. The Labute approximate surface area is 103 Å². The molecule has 0 bridgehead atoms. The Hall–Kier alpha value is -1.38. The first-order valence-electron chi connectivity index (χ1n) is 5.41. The van der Waals surface area contributed by atoms with Gasteiger partial charge in [-0.1, -0.05) is 13.0 Å². The first-order valence-corrected chi connectivity index (χ1v) is 6.85. The van der Waals surface area contributed by atoms with Crippen LogP contribution in [0.25, 0.3) is 0 Å². The van der Waals surface area contributed by atoms with Crippen LogP contribution in [0.15, 0.2) is 29.2 Å². The van der Waals surface area contributed by atoms with E-state index in [-0.39, 0.29) is 10.9 Å². The highest BCUT2D eigenvalue weighted by Gasteiger charge is 2.24. The molecule has 0 saturated heterocycles. The summed E-state index contributed by atoms with van der Waals surface area (Å²) < 4.78 is 25.8. The molecule has 17 heavy (non-hydrogen) atoms. The van der Waals surface area contributed by atoms with Crippen LogP contribution in [0.5, 0.6) is 0 Å². The summed E-state index contributed by atoms with van der Waals surface area (Å²) in [4.78, 5) is 0.166. The fraction of sp³-hybridized carbons (Fsp3) is 0.417. The molecule has 4 nitrogen and oxygen atoms in total. The van der Waals surface area contributed by atoms with Crippen molar-refractivity contribution in [3.63, 3.8) is 0 Å². The maximum absolute atomic E-state index is 12.2. The molecule has 0 aliphatic rings. The Bertz CT molecular complexity index is 532. The third kappa shape index (κ3) is 2.84. The average Bonchev–Trinajstić information content (AvgIpc) is 2.36. The number of nitriles is 1. The minimum absolute atomic E-state index is 0.0641. The van der Waals surface area contributed by atoms with E-state index in [2.05, 4.69) is 0 Å². The van der Waals surface area contributed by atoms with Crippen molar-refractivity contribution in [3.8, 4) is 6.07 Å². The molecule has 1 aromatic carbocycles. The Morgan fingerprint density at radius 3 is 2.65 bits per heavy atom. The second-order valence-electron chi connectivity index (χ2n) is 3.92. The van der Waals surface area contributed by atoms with E-state index in [0.29, 0.717) is 5.56 Å². The molecule has 0 N–H and O–H groups in total. The first-order chi connectivity index (χ1) is 7.93. The Morgan fingerprint density at radius 2 is 2.12 bits per heavy atom. The van der Waals surface area contributed by atoms with Crippen LogP contribution in [0.1, 0.15) is 25.8 Å². The molecular formula is C12H16N2O2S. The summed E-state index contributed by atoms with van der Waals surface area (Å²) in [5.74, 6) is 0. The van der Waals surface area contributed by atoms with Crippen LogP contribution in [0, 0.1) is 11.3 Å². The van der Waals surface area contributed by atoms with E-state index in [4.69, 9.17) is 5.26 Å². The maximum atomic E-state index is 12.2. The Morgan fingerprint density at radius 1 is 1.47 bits per heavy atom. The van der Waals surface area contributed by atoms with Crippen molar-refractivity contribution < 1.29 is 8.42 Å². The van der Waals surface area contributed by atoms with Crippen molar-refractivity contribution in [1.82, 2.24) is 4.31 Å². The highest BCUT2D eigenvalue weighted by molar-refractivity contribution is 7.89. The van der Waals surface area contributed by atoms with Gasteiger partial charge < -0.3 is 0 Å². The quantitative estimate of drug-likeness (QED) is 0.823. The van der Waals surface area contributed by atoms with E-state index in [0.717, 1.165) is 6.42 Å². The van der Waals surface area contributed by atoms with Crippen molar-refractivity contribution in [2.24, 2.45) is 0 Å². The molecule has 0 heterocycles. The summed E-state index contributed by atoms with van der Waals surface area (Å²) in [6, 6.07) is 7.95. The lowest BCUT2D eigenvalue weighted by Crippen LogP contribution is -2.34. The third-order valence-corrected chi connectivity index (χ3v) is 4.82. The normalized spacial score (nSPS) is 13.4. The van der Waals surface area contributed by atoms with Gasteiger partial charge in [0.2, 0.25) is 10.0 Å². The van der Waals surface area contributed by atoms with Gasteiger partial charge in [-0.3, -0.25) is 0 Å². The molecule has 1 unspecified atom stereocenters. The molecule has 5 heteroatoms. The second-order valence-corrected chi connectivity index (χ2v) is 5.92. The first kappa shape index (κ1) is 13.7. The molecule has 0 aromatic heterocycles. The van der Waals surface area contributed by atoms with Gasteiger partial charge in [0.1, 0.15) is 0 Å².